The van der Waals surface area contributed by atoms with Crippen LogP contribution in [0.15, 0.2) is 100 Å². The van der Waals surface area contributed by atoms with Crippen molar-refractivity contribution in [1.29, 1.82) is 5.53 Å². The van der Waals surface area contributed by atoms with Crippen LogP contribution in [0.3, 0.4) is 0 Å². The molecule has 0 aromatic heterocycles. The minimum Gasteiger partial charge on any atom is -0.398 e. The Morgan fingerprint density at radius 1 is 0.892 bits per heavy atom. The number of nitrogens with two attached hydrogens (primary N) is 2. The maximum absolute atomic E-state index is 13.0. The number of rotatable bonds is 9. The highest BCUT2D eigenvalue weighted by molar-refractivity contribution is 6.12. The van der Waals surface area contributed by atoms with Crippen LogP contribution in [0.4, 0.5) is 13.2 Å². The molecular weight excluding hydrogens is 483 g/mol. The Labute approximate surface area is 211 Å². The third kappa shape index (κ3) is 7.85. The normalized spacial score (nSPS) is 12.8. The zero-order chi connectivity index (χ0) is 26.8. The molecule has 0 unspecified atom stereocenters. The van der Waals surface area contributed by atoms with Crippen LogP contribution >= 0.6 is 0 Å². The molecule has 0 heterocycles. The Hall–Kier alpha value is -4.80. The van der Waals surface area contributed by atoms with Crippen molar-refractivity contribution < 1.29 is 18.0 Å². The summed E-state index contributed by atoms with van der Waals surface area (Å²) in [6.45, 7) is 0.139. The number of carbonyl (C=O) groups excluding carboxylic acids is 1. The number of nitrogens with zero attached hydrogens (tertiary/aromatic N) is 3. The minimum atomic E-state index is -4.45. The van der Waals surface area contributed by atoms with Gasteiger partial charge in [0, 0.05) is 11.3 Å². The van der Waals surface area contributed by atoms with E-state index in [0.717, 1.165) is 23.3 Å². The van der Waals surface area contributed by atoms with Crippen LogP contribution in [0, 0.1) is 5.53 Å². The van der Waals surface area contributed by atoms with Gasteiger partial charge in [-0.1, -0.05) is 59.8 Å². The molecule has 0 fully saturated rings. The molecule has 0 saturated heterocycles. The zero-order valence-electron chi connectivity index (χ0n) is 19.5. The van der Waals surface area contributed by atoms with E-state index in [1.54, 1.807) is 30.3 Å². The number of hydrogen-bond donors (Lipinski definition) is 4. The molecule has 8 nitrogen and oxygen atoms in total. The lowest BCUT2D eigenvalue weighted by Crippen LogP contribution is -2.33. The first-order valence-electron chi connectivity index (χ1n) is 11.0. The lowest BCUT2D eigenvalue weighted by molar-refractivity contribution is -0.137. The van der Waals surface area contributed by atoms with Gasteiger partial charge in [-0.2, -0.15) is 18.7 Å². The number of benzene rings is 3. The minimum absolute atomic E-state index is 0.00654. The van der Waals surface area contributed by atoms with Crippen LogP contribution in [0.25, 0.3) is 5.70 Å². The number of allylic oxidation sites excluding steroid dienone is 1. The second kappa shape index (κ2) is 12.2. The first-order chi connectivity index (χ1) is 17.7. The number of alkyl halides is 3. The van der Waals surface area contributed by atoms with Crippen molar-refractivity contribution in [3.8, 4) is 0 Å². The van der Waals surface area contributed by atoms with Gasteiger partial charge in [0.05, 0.1) is 24.4 Å². The van der Waals surface area contributed by atoms with Gasteiger partial charge >= 0.3 is 6.18 Å². The van der Waals surface area contributed by atoms with Gasteiger partial charge in [-0.05, 0) is 47.0 Å². The van der Waals surface area contributed by atoms with Crippen molar-refractivity contribution >= 4 is 23.2 Å². The lowest BCUT2D eigenvalue weighted by atomic mass is 10.0. The third-order valence-electron chi connectivity index (χ3n) is 5.16. The van der Waals surface area contributed by atoms with Crippen molar-refractivity contribution in [3.63, 3.8) is 0 Å². The molecule has 37 heavy (non-hydrogen) atoms. The lowest BCUT2D eigenvalue weighted by Gasteiger charge is -2.10. The molecule has 1 amide bonds. The van der Waals surface area contributed by atoms with E-state index in [0.29, 0.717) is 22.5 Å². The van der Waals surface area contributed by atoms with E-state index in [4.69, 9.17) is 17.0 Å². The number of carbonyl (C=O) groups is 1. The van der Waals surface area contributed by atoms with Crippen molar-refractivity contribution in [2.75, 3.05) is 6.54 Å². The Morgan fingerprint density at radius 2 is 1.51 bits per heavy atom. The van der Waals surface area contributed by atoms with Gasteiger partial charge in [-0.3, -0.25) is 9.79 Å². The van der Waals surface area contributed by atoms with Crippen molar-refractivity contribution in [3.05, 3.63) is 113 Å². The standard InChI is InChI=1S/C26H24F3N7O/c27-26(28,29)21-12-10-19(11-13-21)23(14-22(30)18-4-2-1-3-5-18)33-15-17-6-8-20(9-7-17)25(37)34-16-24(31)35-36-32/h1-14H,15-16,30H2,(H,34,37)(H3,31,32,35). The second-order valence-electron chi connectivity index (χ2n) is 7.81. The average Bonchev–Trinajstić information content (AvgIpc) is 2.90. The largest absolute Gasteiger partial charge is 0.416 e. The van der Waals surface area contributed by atoms with Crippen LogP contribution in [-0.4, -0.2) is 24.0 Å². The van der Waals surface area contributed by atoms with Crippen molar-refractivity contribution in [1.82, 2.24) is 5.32 Å². The Balaban J connectivity index is 1.83. The summed E-state index contributed by atoms with van der Waals surface area (Å²) < 4.78 is 39.1. The predicted molar refractivity (Wildman–Crippen MR) is 136 cm³/mol. The molecule has 0 aliphatic heterocycles. The predicted octanol–water partition coefficient (Wildman–Crippen LogP) is 4.73. The number of halogens is 3. The molecule has 3 aromatic rings. The summed E-state index contributed by atoms with van der Waals surface area (Å²) in [6.07, 6.45) is -2.83. The van der Waals surface area contributed by atoms with Gasteiger partial charge in [0.25, 0.3) is 5.91 Å². The molecular formula is C26H24F3N7O. The molecule has 0 saturated carbocycles. The number of hydrogen-bond acceptors (Lipinski definition) is 5. The van der Waals surface area contributed by atoms with Crippen molar-refractivity contribution in [2.45, 2.75) is 12.7 Å². The zero-order valence-corrected chi connectivity index (χ0v) is 19.5. The Kier molecular flexibility index (Phi) is 8.87. The number of amidine groups is 1. The van der Waals surface area contributed by atoms with E-state index < -0.39 is 11.7 Å². The van der Waals surface area contributed by atoms with Gasteiger partial charge in [-0.15, -0.1) is 5.10 Å². The SMILES string of the molecule is N=NN=C(N)CNC(=O)c1ccc(CN=C(C=C(N)c2ccccc2)c2ccc(C(F)(F)F)cc2)cc1. The molecule has 0 bridgehead atoms. The summed E-state index contributed by atoms with van der Waals surface area (Å²) >= 11 is 0. The van der Waals surface area contributed by atoms with Crippen molar-refractivity contribution in [2.24, 2.45) is 26.8 Å². The molecule has 190 valence electrons. The summed E-state index contributed by atoms with van der Waals surface area (Å²) in [5, 5.41) is 8.67. The molecule has 0 aliphatic carbocycles. The maximum atomic E-state index is 13.0. The highest BCUT2D eigenvalue weighted by atomic mass is 19.4. The highest BCUT2D eigenvalue weighted by Gasteiger charge is 2.30. The summed E-state index contributed by atoms with van der Waals surface area (Å²) in [5.74, 6) is -0.393. The van der Waals surface area contributed by atoms with Crippen LogP contribution in [0.2, 0.25) is 0 Å². The van der Waals surface area contributed by atoms with Gasteiger partial charge in [-0.25, -0.2) is 0 Å². The molecule has 6 N–H and O–H groups in total. The fourth-order valence-electron chi connectivity index (χ4n) is 3.22. The molecule has 11 heteroatoms. The third-order valence-corrected chi connectivity index (χ3v) is 5.16. The summed E-state index contributed by atoms with van der Waals surface area (Å²) in [6, 6.07) is 20.5. The van der Waals surface area contributed by atoms with Gasteiger partial charge in [0.1, 0.15) is 5.84 Å². The molecule has 0 spiro atoms. The van der Waals surface area contributed by atoms with Gasteiger partial charge < -0.3 is 16.8 Å². The Morgan fingerprint density at radius 3 is 2.11 bits per heavy atom. The van der Waals surface area contributed by atoms with E-state index >= 15 is 0 Å². The van der Waals surface area contributed by atoms with Crippen LogP contribution in [0.1, 0.15) is 32.6 Å². The van der Waals surface area contributed by atoms with Crippen LogP contribution in [0.5, 0.6) is 0 Å². The quantitative estimate of drug-likeness (QED) is 0.144. The fourth-order valence-corrected chi connectivity index (χ4v) is 3.22. The molecule has 0 radical (unpaired) electrons. The smallest absolute Gasteiger partial charge is 0.398 e. The summed E-state index contributed by atoms with van der Waals surface area (Å²) in [4.78, 5) is 16.8. The van der Waals surface area contributed by atoms with Gasteiger partial charge in [0.2, 0.25) is 0 Å². The monoisotopic (exact) mass is 507 g/mol. The van der Waals surface area contributed by atoms with E-state index in [-0.39, 0.29) is 24.8 Å². The van der Waals surface area contributed by atoms with E-state index in [2.05, 4.69) is 20.6 Å². The van der Waals surface area contributed by atoms with Gasteiger partial charge in [0.15, 0.2) is 0 Å². The highest BCUT2D eigenvalue weighted by Crippen LogP contribution is 2.29. The summed E-state index contributed by atoms with van der Waals surface area (Å²) in [5.41, 5.74) is 20.8. The topological polar surface area (TPSA) is 142 Å². The van der Waals surface area contributed by atoms with E-state index in [9.17, 15) is 18.0 Å². The summed E-state index contributed by atoms with van der Waals surface area (Å²) in [7, 11) is 0. The van der Waals surface area contributed by atoms with Crippen LogP contribution < -0.4 is 16.8 Å². The number of aliphatic imine (C=N–C) groups is 1. The number of nitrogens with one attached hydrogen (secondary N) is 2. The first kappa shape index (κ1) is 26.8. The maximum Gasteiger partial charge on any atom is 0.416 e. The Bertz CT molecular complexity index is 1320. The van der Waals surface area contributed by atoms with Crippen LogP contribution in [-0.2, 0) is 12.7 Å². The molecule has 0 aliphatic rings. The first-order valence-corrected chi connectivity index (χ1v) is 11.0. The second-order valence-corrected chi connectivity index (χ2v) is 7.81. The fraction of sp³-hybridized carbons (Fsp3) is 0.115. The van der Waals surface area contributed by atoms with E-state index in [1.807, 2.05) is 30.3 Å². The molecule has 3 rings (SSSR count). The number of amides is 1. The molecule has 3 aromatic carbocycles. The molecule has 0 atom stereocenters. The van der Waals surface area contributed by atoms with E-state index in [1.165, 1.54) is 12.1 Å². The average molecular weight is 508 g/mol.